The van der Waals surface area contributed by atoms with Gasteiger partial charge in [0.15, 0.2) is 0 Å². The Morgan fingerprint density at radius 1 is 1.29 bits per heavy atom. The molecule has 2 aromatic rings. The number of piperidine rings is 1. The maximum atomic E-state index is 12.7. The Hall–Kier alpha value is -2.01. The highest BCUT2D eigenvalue weighted by molar-refractivity contribution is 5.87. The summed E-state index contributed by atoms with van der Waals surface area (Å²) in [6.45, 7) is 10.0. The first kappa shape index (κ1) is 15.5. The highest BCUT2D eigenvalue weighted by Crippen LogP contribution is 2.49. The minimum atomic E-state index is -0.549. The molecule has 0 aromatic carbocycles. The summed E-state index contributed by atoms with van der Waals surface area (Å²) in [5, 5.41) is 7.68. The minimum absolute atomic E-state index is 0.153. The second kappa shape index (κ2) is 5.24. The summed E-state index contributed by atoms with van der Waals surface area (Å²) < 4.78 is 0. The number of carbonyl (C=O) groups is 1. The molecule has 24 heavy (non-hydrogen) atoms. The molecule has 5 heteroatoms. The van der Waals surface area contributed by atoms with Gasteiger partial charge in [-0.05, 0) is 70.3 Å². The molecule has 0 spiro atoms. The van der Waals surface area contributed by atoms with Crippen molar-refractivity contribution in [3.8, 4) is 0 Å². The Kier molecular flexibility index (Phi) is 3.39. The van der Waals surface area contributed by atoms with Gasteiger partial charge in [-0.3, -0.25) is 14.8 Å². The number of rotatable bonds is 3. The lowest BCUT2D eigenvalue weighted by atomic mass is 9.95. The molecule has 2 fully saturated rings. The molecule has 5 nitrogen and oxygen atoms in total. The van der Waals surface area contributed by atoms with Crippen LogP contribution in [-0.2, 0) is 10.3 Å². The number of amides is 1. The number of nitrogens with one attached hydrogen (secondary N) is 2. The molecular weight excluding hydrogens is 300 g/mol. The van der Waals surface area contributed by atoms with Crippen LogP contribution in [0.2, 0.25) is 0 Å². The maximum absolute atomic E-state index is 12.7. The average molecular weight is 324 g/mol. The van der Waals surface area contributed by atoms with E-state index >= 15 is 0 Å². The van der Waals surface area contributed by atoms with Crippen molar-refractivity contribution >= 4 is 16.8 Å². The van der Waals surface area contributed by atoms with E-state index in [0.717, 1.165) is 35.4 Å². The summed E-state index contributed by atoms with van der Waals surface area (Å²) >= 11 is 0. The SMILES string of the molecule is Cc1cc2c(C)ccnc2c(C(C)(C)NC(=O)C2C3CNCC32)n1. The van der Waals surface area contributed by atoms with Crippen molar-refractivity contribution < 1.29 is 4.79 Å². The van der Waals surface area contributed by atoms with Crippen LogP contribution in [0.1, 0.15) is 30.8 Å². The number of carbonyl (C=O) groups excluding carboxylic acids is 1. The number of fused-ring (bicyclic) bond motifs is 2. The predicted octanol–water partition coefficient (Wildman–Crippen LogP) is 2.06. The standard InChI is InChI=1S/C19H24N4O/c1-10-5-6-21-16-12(10)7-11(2)22-17(16)19(3,4)23-18(24)15-13-8-20-9-14(13)15/h5-7,13-15,20H,8-9H2,1-4H3,(H,23,24). The summed E-state index contributed by atoms with van der Waals surface area (Å²) in [5.74, 6) is 1.35. The molecule has 1 aliphatic carbocycles. The van der Waals surface area contributed by atoms with Crippen molar-refractivity contribution in [3.05, 3.63) is 35.3 Å². The number of aromatic nitrogens is 2. The van der Waals surface area contributed by atoms with Gasteiger partial charge in [0, 0.05) is 23.2 Å². The molecule has 1 aliphatic heterocycles. The summed E-state index contributed by atoms with van der Waals surface area (Å²) in [6.07, 6.45) is 1.81. The third-order valence-corrected chi connectivity index (χ3v) is 5.50. The molecule has 0 bridgehead atoms. The molecule has 1 saturated heterocycles. The molecule has 126 valence electrons. The van der Waals surface area contributed by atoms with Gasteiger partial charge < -0.3 is 10.6 Å². The fourth-order valence-corrected chi connectivity index (χ4v) is 4.10. The molecule has 1 saturated carbocycles. The summed E-state index contributed by atoms with van der Waals surface area (Å²) in [5.41, 5.74) is 3.30. The zero-order valence-corrected chi connectivity index (χ0v) is 14.7. The molecule has 0 radical (unpaired) electrons. The van der Waals surface area contributed by atoms with E-state index in [0.29, 0.717) is 11.8 Å². The second-order valence-electron chi connectivity index (χ2n) is 7.76. The Bertz CT molecular complexity index is 819. The van der Waals surface area contributed by atoms with E-state index in [4.69, 9.17) is 4.98 Å². The molecule has 2 aliphatic rings. The summed E-state index contributed by atoms with van der Waals surface area (Å²) in [6, 6.07) is 4.07. The Morgan fingerprint density at radius 3 is 2.71 bits per heavy atom. The molecule has 1 amide bonds. The summed E-state index contributed by atoms with van der Waals surface area (Å²) in [7, 11) is 0. The number of aryl methyl sites for hydroxylation is 2. The number of nitrogens with zero attached hydrogens (tertiary/aromatic N) is 2. The normalized spacial score (nSPS) is 25.6. The first-order chi connectivity index (χ1) is 11.4. The number of hydrogen-bond acceptors (Lipinski definition) is 4. The second-order valence-corrected chi connectivity index (χ2v) is 7.76. The van der Waals surface area contributed by atoms with Gasteiger partial charge in [0.05, 0.1) is 16.7 Å². The minimum Gasteiger partial charge on any atom is -0.345 e. The first-order valence-corrected chi connectivity index (χ1v) is 8.64. The Morgan fingerprint density at radius 2 is 2.00 bits per heavy atom. The third kappa shape index (κ3) is 2.38. The van der Waals surface area contributed by atoms with Crippen LogP contribution in [0.5, 0.6) is 0 Å². The van der Waals surface area contributed by atoms with E-state index in [9.17, 15) is 4.79 Å². The van der Waals surface area contributed by atoms with E-state index < -0.39 is 5.54 Å². The lowest BCUT2D eigenvalue weighted by Crippen LogP contribution is -2.44. The van der Waals surface area contributed by atoms with E-state index in [1.807, 2.05) is 33.0 Å². The van der Waals surface area contributed by atoms with E-state index in [1.165, 1.54) is 5.56 Å². The lowest BCUT2D eigenvalue weighted by molar-refractivity contribution is -0.124. The smallest absolute Gasteiger partial charge is 0.224 e. The lowest BCUT2D eigenvalue weighted by Gasteiger charge is -2.27. The highest BCUT2D eigenvalue weighted by Gasteiger charge is 2.57. The van der Waals surface area contributed by atoms with Crippen LogP contribution >= 0.6 is 0 Å². The van der Waals surface area contributed by atoms with E-state index in [1.54, 1.807) is 0 Å². The van der Waals surface area contributed by atoms with Crippen molar-refractivity contribution in [1.29, 1.82) is 0 Å². The zero-order chi connectivity index (χ0) is 17.1. The molecule has 4 rings (SSSR count). The fraction of sp³-hybridized carbons (Fsp3) is 0.526. The quantitative estimate of drug-likeness (QED) is 0.907. The first-order valence-electron chi connectivity index (χ1n) is 8.64. The average Bonchev–Trinajstić information content (AvgIpc) is 3.01. The number of hydrogen-bond donors (Lipinski definition) is 2. The van der Waals surface area contributed by atoms with Crippen molar-refractivity contribution in [2.75, 3.05) is 13.1 Å². The Labute approximate surface area is 142 Å². The van der Waals surface area contributed by atoms with Gasteiger partial charge in [-0.2, -0.15) is 0 Å². The van der Waals surface area contributed by atoms with E-state index in [2.05, 4.69) is 28.6 Å². The van der Waals surface area contributed by atoms with Gasteiger partial charge in [0.1, 0.15) is 0 Å². The van der Waals surface area contributed by atoms with Crippen LogP contribution in [0.25, 0.3) is 10.9 Å². The van der Waals surface area contributed by atoms with Crippen molar-refractivity contribution in [2.45, 2.75) is 33.2 Å². The van der Waals surface area contributed by atoms with Gasteiger partial charge in [0.25, 0.3) is 0 Å². The molecule has 3 heterocycles. The summed E-state index contributed by atoms with van der Waals surface area (Å²) in [4.78, 5) is 22.0. The van der Waals surface area contributed by atoms with Gasteiger partial charge in [-0.15, -0.1) is 0 Å². The number of pyridine rings is 2. The largest absolute Gasteiger partial charge is 0.345 e. The van der Waals surface area contributed by atoms with Gasteiger partial charge >= 0.3 is 0 Å². The molecule has 2 aromatic heterocycles. The fourth-order valence-electron chi connectivity index (χ4n) is 4.10. The molecule has 2 atom stereocenters. The van der Waals surface area contributed by atoms with Crippen molar-refractivity contribution in [3.63, 3.8) is 0 Å². The maximum Gasteiger partial charge on any atom is 0.224 e. The highest BCUT2D eigenvalue weighted by atomic mass is 16.2. The zero-order valence-electron chi connectivity index (χ0n) is 14.7. The Balaban J connectivity index is 1.68. The topological polar surface area (TPSA) is 66.9 Å². The molecular formula is C19H24N4O. The van der Waals surface area contributed by atoms with Crippen LogP contribution in [0.3, 0.4) is 0 Å². The molecule has 2 N–H and O–H groups in total. The van der Waals surface area contributed by atoms with Crippen LogP contribution in [0, 0.1) is 31.6 Å². The van der Waals surface area contributed by atoms with E-state index in [-0.39, 0.29) is 11.8 Å². The van der Waals surface area contributed by atoms with Gasteiger partial charge in [0.2, 0.25) is 5.91 Å². The molecule has 2 unspecified atom stereocenters. The van der Waals surface area contributed by atoms with Crippen LogP contribution in [-0.4, -0.2) is 29.0 Å². The van der Waals surface area contributed by atoms with Crippen LogP contribution in [0.4, 0.5) is 0 Å². The van der Waals surface area contributed by atoms with Gasteiger partial charge in [-0.1, -0.05) is 0 Å². The van der Waals surface area contributed by atoms with Crippen LogP contribution < -0.4 is 10.6 Å². The third-order valence-electron chi connectivity index (χ3n) is 5.50. The van der Waals surface area contributed by atoms with Crippen molar-refractivity contribution in [1.82, 2.24) is 20.6 Å². The van der Waals surface area contributed by atoms with Crippen LogP contribution in [0.15, 0.2) is 18.3 Å². The van der Waals surface area contributed by atoms with Crippen molar-refractivity contribution in [2.24, 2.45) is 17.8 Å². The monoisotopic (exact) mass is 324 g/mol. The predicted molar refractivity (Wildman–Crippen MR) is 93.5 cm³/mol. The van der Waals surface area contributed by atoms with Gasteiger partial charge in [-0.25, -0.2) is 0 Å².